The number of para-hydroxylation sites is 1. The van der Waals surface area contributed by atoms with Gasteiger partial charge in [0.2, 0.25) is 5.96 Å². The van der Waals surface area contributed by atoms with Gasteiger partial charge in [0.15, 0.2) is 0 Å². The number of nitrogens with one attached hydrogen (secondary N) is 2. The van der Waals surface area contributed by atoms with Crippen molar-refractivity contribution >= 4 is 35.2 Å². The second kappa shape index (κ2) is 5.15. The van der Waals surface area contributed by atoms with E-state index in [2.05, 4.69) is 27.2 Å². The molecular weight excluding hydrogens is 278 g/mol. The summed E-state index contributed by atoms with van der Waals surface area (Å²) in [6, 6.07) is 14.0. The third-order valence-electron chi connectivity index (χ3n) is 2.91. The molecule has 3 rings (SSSR count). The van der Waals surface area contributed by atoms with Gasteiger partial charge in [0.1, 0.15) is 0 Å². The quantitative estimate of drug-likeness (QED) is 0.779. The van der Waals surface area contributed by atoms with E-state index < -0.39 is 0 Å². The number of aliphatic imine (C=N–C) groups is 1. The molecule has 0 bridgehead atoms. The number of hydrogen-bond donors (Lipinski definition) is 2. The minimum atomic E-state index is 0.746. The summed E-state index contributed by atoms with van der Waals surface area (Å²) in [6.45, 7) is 0. The number of anilines is 1. The summed E-state index contributed by atoms with van der Waals surface area (Å²) in [6.07, 6.45) is 0. The number of halogens is 1. The number of nitrogens with zero attached hydrogens (tertiary/aromatic N) is 1. The highest BCUT2D eigenvalue weighted by Gasteiger charge is 2.18. The molecule has 0 fully saturated rings. The molecule has 96 valence electrons. The van der Waals surface area contributed by atoms with Crippen LogP contribution in [0.2, 0.25) is 5.02 Å². The van der Waals surface area contributed by atoms with Crippen molar-refractivity contribution in [3.8, 4) is 11.1 Å². The highest BCUT2D eigenvalue weighted by Crippen LogP contribution is 2.39. The summed E-state index contributed by atoms with van der Waals surface area (Å²) in [5, 5.41) is 4.05. The second-order valence-corrected chi connectivity index (χ2v) is 5.32. The van der Waals surface area contributed by atoms with Crippen LogP contribution in [-0.2, 0) is 0 Å². The van der Waals surface area contributed by atoms with Crippen LogP contribution in [0.3, 0.4) is 0 Å². The molecule has 2 aromatic rings. The van der Waals surface area contributed by atoms with Crippen molar-refractivity contribution in [2.24, 2.45) is 4.99 Å². The molecule has 0 aromatic heterocycles. The Labute approximate surface area is 121 Å². The highest BCUT2D eigenvalue weighted by atomic mass is 35.5. The Morgan fingerprint density at radius 1 is 1.05 bits per heavy atom. The Balaban J connectivity index is 2.16. The predicted molar refractivity (Wildman–Crippen MR) is 82.9 cm³/mol. The minimum absolute atomic E-state index is 0.746. The molecule has 1 aliphatic heterocycles. The predicted octanol–water partition coefficient (Wildman–Crippen LogP) is 4.02. The molecule has 0 saturated heterocycles. The molecule has 19 heavy (non-hydrogen) atoms. The normalized spacial score (nSPS) is 15.6. The average molecular weight is 290 g/mol. The van der Waals surface area contributed by atoms with Crippen molar-refractivity contribution in [3.63, 3.8) is 0 Å². The van der Waals surface area contributed by atoms with E-state index in [0.717, 1.165) is 32.7 Å². The van der Waals surface area contributed by atoms with Gasteiger partial charge >= 0.3 is 0 Å². The molecule has 0 spiro atoms. The molecule has 5 heteroatoms. The minimum Gasteiger partial charge on any atom is -0.324 e. The summed E-state index contributed by atoms with van der Waals surface area (Å²) in [4.78, 5) is 5.27. The zero-order chi connectivity index (χ0) is 13.2. The molecule has 0 saturated carbocycles. The first-order valence-corrected chi connectivity index (χ1v) is 7.03. The number of fused-ring (bicyclic) bond motifs is 1. The van der Waals surface area contributed by atoms with Gasteiger partial charge in [0, 0.05) is 23.2 Å². The number of rotatable bonds is 1. The zero-order valence-corrected chi connectivity index (χ0v) is 11.8. The standard InChI is InChI=1S/C14H12ClN3S/c1-16-14-17-13-10(6-4-8-12(13)19-18-14)9-5-2-3-7-11(9)15/h2-8H,1H3,(H2,16,17,18). The molecule has 0 unspecified atom stereocenters. The monoisotopic (exact) mass is 289 g/mol. The van der Waals surface area contributed by atoms with Crippen LogP contribution in [0.25, 0.3) is 11.1 Å². The summed E-state index contributed by atoms with van der Waals surface area (Å²) in [7, 11) is 1.75. The van der Waals surface area contributed by atoms with Crippen molar-refractivity contribution in [3.05, 3.63) is 47.5 Å². The third-order valence-corrected chi connectivity index (χ3v) is 4.10. The molecular formula is C14H12ClN3S. The van der Waals surface area contributed by atoms with E-state index in [9.17, 15) is 0 Å². The van der Waals surface area contributed by atoms with Gasteiger partial charge in [-0.05, 0) is 24.1 Å². The number of benzene rings is 2. The smallest absolute Gasteiger partial charge is 0.206 e. The van der Waals surface area contributed by atoms with E-state index in [1.165, 1.54) is 0 Å². The van der Waals surface area contributed by atoms with E-state index >= 15 is 0 Å². The van der Waals surface area contributed by atoms with Gasteiger partial charge in [-0.25, -0.2) is 0 Å². The fourth-order valence-electron chi connectivity index (χ4n) is 2.00. The van der Waals surface area contributed by atoms with Crippen LogP contribution in [0.4, 0.5) is 5.69 Å². The Morgan fingerprint density at radius 3 is 2.63 bits per heavy atom. The first kappa shape index (κ1) is 12.4. The zero-order valence-electron chi connectivity index (χ0n) is 10.3. The Bertz CT molecular complexity index is 655. The average Bonchev–Trinajstić information content (AvgIpc) is 2.47. The largest absolute Gasteiger partial charge is 0.324 e. The van der Waals surface area contributed by atoms with Crippen molar-refractivity contribution in [1.29, 1.82) is 0 Å². The first-order valence-electron chi connectivity index (χ1n) is 5.84. The Kier molecular flexibility index (Phi) is 3.36. The summed E-state index contributed by atoms with van der Waals surface area (Å²) in [5.41, 5.74) is 3.14. The van der Waals surface area contributed by atoms with Gasteiger partial charge in [-0.1, -0.05) is 41.9 Å². The maximum atomic E-state index is 6.29. The molecule has 3 nitrogen and oxygen atoms in total. The lowest BCUT2D eigenvalue weighted by atomic mass is 10.0. The lowest BCUT2D eigenvalue weighted by Crippen LogP contribution is -2.29. The molecule has 2 N–H and O–H groups in total. The molecule has 0 amide bonds. The maximum absolute atomic E-state index is 6.29. The van der Waals surface area contributed by atoms with Crippen molar-refractivity contribution < 1.29 is 0 Å². The fraction of sp³-hybridized carbons (Fsp3) is 0.0714. The van der Waals surface area contributed by atoms with Gasteiger partial charge in [0.25, 0.3) is 0 Å². The van der Waals surface area contributed by atoms with E-state index in [-0.39, 0.29) is 0 Å². The Morgan fingerprint density at radius 2 is 1.84 bits per heavy atom. The summed E-state index contributed by atoms with van der Waals surface area (Å²) in [5.74, 6) is 0.747. The molecule has 1 heterocycles. The van der Waals surface area contributed by atoms with Crippen molar-refractivity contribution in [2.75, 3.05) is 12.4 Å². The van der Waals surface area contributed by atoms with E-state index in [1.807, 2.05) is 30.3 Å². The lowest BCUT2D eigenvalue weighted by molar-refractivity contribution is 1.28. The molecule has 0 radical (unpaired) electrons. The van der Waals surface area contributed by atoms with E-state index in [4.69, 9.17) is 11.6 Å². The van der Waals surface area contributed by atoms with E-state index in [1.54, 1.807) is 19.0 Å². The molecule has 0 aliphatic carbocycles. The van der Waals surface area contributed by atoms with Crippen LogP contribution in [-0.4, -0.2) is 13.0 Å². The summed E-state index contributed by atoms with van der Waals surface area (Å²) < 4.78 is 3.14. The first-order chi connectivity index (χ1) is 9.29. The van der Waals surface area contributed by atoms with Crippen LogP contribution in [0.15, 0.2) is 52.4 Å². The van der Waals surface area contributed by atoms with Crippen molar-refractivity contribution in [2.45, 2.75) is 4.90 Å². The van der Waals surface area contributed by atoms with Crippen LogP contribution in [0.5, 0.6) is 0 Å². The van der Waals surface area contributed by atoms with Crippen LogP contribution < -0.4 is 10.0 Å². The van der Waals surface area contributed by atoms with Gasteiger partial charge in [-0.3, -0.25) is 9.71 Å². The highest BCUT2D eigenvalue weighted by molar-refractivity contribution is 7.98. The number of guanidine groups is 1. The third kappa shape index (κ3) is 2.29. The van der Waals surface area contributed by atoms with Crippen molar-refractivity contribution in [1.82, 2.24) is 4.72 Å². The van der Waals surface area contributed by atoms with E-state index in [0.29, 0.717) is 0 Å². The SMILES string of the molecule is CN=C1NSc2cccc(-c3ccccc3Cl)c2N1. The van der Waals surface area contributed by atoms with Crippen LogP contribution >= 0.6 is 23.5 Å². The molecule has 0 atom stereocenters. The van der Waals surface area contributed by atoms with Gasteiger partial charge in [-0.2, -0.15) is 0 Å². The van der Waals surface area contributed by atoms with Gasteiger partial charge in [0.05, 0.1) is 10.6 Å². The molecule has 2 aromatic carbocycles. The summed E-state index contributed by atoms with van der Waals surface area (Å²) >= 11 is 7.84. The van der Waals surface area contributed by atoms with Crippen LogP contribution in [0, 0.1) is 0 Å². The fourth-order valence-corrected chi connectivity index (χ4v) is 2.99. The van der Waals surface area contributed by atoms with Gasteiger partial charge < -0.3 is 5.32 Å². The van der Waals surface area contributed by atoms with Crippen LogP contribution in [0.1, 0.15) is 0 Å². The maximum Gasteiger partial charge on any atom is 0.206 e. The second-order valence-electron chi connectivity index (χ2n) is 4.06. The topological polar surface area (TPSA) is 36.4 Å². The van der Waals surface area contributed by atoms with Gasteiger partial charge in [-0.15, -0.1) is 0 Å². The lowest BCUT2D eigenvalue weighted by Gasteiger charge is -2.23. The number of hydrogen-bond acceptors (Lipinski definition) is 2. The molecule has 1 aliphatic rings. The Hall–Kier alpha value is -1.65.